The second-order valence-corrected chi connectivity index (χ2v) is 5.34. The molecule has 0 atom stereocenters. The lowest BCUT2D eigenvalue weighted by atomic mass is 10.1. The van der Waals surface area contributed by atoms with Gasteiger partial charge in [0.25, 0.3) is 5.91 Å². The van der Waals surface area contributed by atoms with Gasteiger partial charge in [-0.3, -0.25) is 9.59 Å². The summed E-state index contributed by atoms with van der Waals surface area (Å²) >= 11 is 11.7. The van der Waals surface area contributed by atoms with E-state index >= 15 is 0 Å². The summed E-state index contributed by atoms with van der Waals surface area (Å²) in [6.07, 6.45) is 0. The second kappa shape index (κ2) is 7.15. The van der Waals surface area contributed by atoms with Crippen molar-refractivity contribution in [3.63, 3.8) is 0 Å². The van der Waals surface area contributed by atoms with E-state index in [-0.39, 0.29) is 12.5 Å². The third-order valence-electron chi connectivity index (χ3n) is 2.78. The first-order chi connectivity index (χ1) is 10.5. The van der Waals surface area contributed by atoms with Crippen LogP contribution in [0.25, 0.3) is 0 Å². The summed E-state index contributed by atoms with van der Waals surface area (Å²) in [7, 11) is 0. The summed E-state index contributed by atoms with van der Waals surface area (Å²) in [6, 6.07) is 11.4. The molecular weight excluding hydrogens is 325 g/mol. The van der Waals surface area contributed by atoms with Crippen molar-refractivity contribution in [3.8, 4) is 0 Å². The number of carbonyl (C=O) groups is 2. The molecule has 4 N–H and O–H groups in total. The van der Waals surface area contributed by atoms with Gasteiger partial charge in [-0.15, -0.1) is 0 Å². The van der Waals surface area contributed by atoms with E-state index < -0.39 is 5.91 Å². The predicted molar refractivity (Wildman–Crippen MR) is 88.5 cm³/mol. The number of rotatable bonds is 5. The molecule has 114 valence electrons. The van der Waals surface area contributed by atoms with Crippen molar-refractivity contribution in [2.24, 2.45) is 5.73 Å². The smallest absolute Gasteiger partial charge is 0.250 e. The Morgan fingerprint density at radius 2 is 1.68 bits per heavy atom. The standard InChI is InChI=1S/C15H13Cl2N3O2/c16-9-5-10(17)7-11(6-9)20-14(21)8-19-13-4-2-1-3-12(13)15(18)22/h1-7,19H,8H2,(H2,18,22)(H,20,21). The highest BCUT2D eigenvalue weighted by molar-refractivity contribution is 6.35. The van der Waals surface area contributed by atoms with Gasteiger partial charge in [0.05, 0.1) is 12.1 Å². The average molecular weight is 338 g/mol. The summed E-state index contributed by atoms with van der Waals surface area (Å²) in [5, 5.41) is 6.37. The highest BCUT2D eigenvalue weighted by Gasteiger charge is 2.09. The molecule has 5 nitrogen and oxygen atoms in total. The minimum absolute atomic E-state index is 0.0333. The van der Waals surface area contributed by atoms with E-state index in [1.807, 2.05) is 0 Å². The van der Waals surface area contributed by atoms with E-state index in [2.05, 4.69) is 10.6 Å². The quantitative estimate of drug-likeness (QED) is 0.783. The number of amides is 2. The molecule has 0 saturated heterocycles. The molecule has 0 aromatic heterocycles. The highest BCUT2D eigenvalue weighted by atomic mass is 35.5. The van der Waals surface area contributed by atoms with Crippen molar-refractivity contribution in [3.05, 3.63) is 58.1 Å². The fourth-order valence-corrected chi connectivity index (χ4v) is 2.38. The Kier molecular flexibility index (Phi) is 5.25. The molecule has 2 aromatic rings. The van der Waals surface area contributed by atoms with Gasteiger partial charge in [0.1, 0.15) is 0 Å². The van der Waals surface area contributed by atoms with Crippen molar-refractivity contribution in [2.45, 2.75) is 0 Å². The Hall–Kier alpha value is -2.24. The van der Waals surface area contributed by atoms with Crippen molar-refractivity contribution in [1.29, 1.82) is 0 Å². The van der Waals surface area contributed by atoms with Crippen LogP contribution < -0.4 is 16.4 Å². The fraction of sp³-hybridized carbons (Fsp3) is 0.0667. The molecule has 7 heteroatoms. The number of hydrogen-bond acceptors (Lipinski definition) is 3. The molecule has 2 amide bonds. The Balaban J connectivity index is 2.00. The predicted octanol–water partition coefficient (Wildman–Crippen LogP) is 3.14. The van der Waals surface area contributed by atoms with Crippen LogP contribution in [0.15, 0.2) is 42.5 Å². The normalized spacial score (nSPS) is 10.1. The zero-order valence-electron chi connectivity index (χ0n) is 11.4. The summed E-state index contributed by atoms with van der Waals surface area (Å²) in [4.78, 5) is 23.2. The molecule has 0 saturated carbocycles. The van der Waals surface area contributed by atoms with E-state index in [9.17, 15) is 9.59 Å². The van der Waals surface area contributed by atoms with Crippen LogP contribution >= 0.6 is 23.2 Å². The van der Waals surface area contributed by atoms with Crippen molar-refractivity contribution in [2.75, 3.05) is 17.2 Å². The maximum absolute atomic E-state index is 11.9. The SMILES string of the molecule is NC(=O)c1ccccc1NCC(=O)Nc1cc(Cl)cc(Cl)c1. The van der Waals surface area contributed by atoms with Crippen molar-refractivity contribution in [1.82, 2.24) is 0 Å². The van der Waals surface area contributed by atoms with Crippen LogP contribution in [0.4, 0.5) is 11.4 Å². The summed E-state index contributed by atoms with van der Waals surface area (Å²) in [6.45, 7) is -0.0333. The molecule has 2 rings (SSSR count). The Morgan fingerprint density at radius 1 is 1.05 bits per heavy atom. The van der Waals surface area contributed by atoms with Crippen LogP contribution in [0, 0.1) is 0 Å². The first kappa shape index (κ1) is 16.1. The van der Waals surface area contributed by atoms with Gasteiger partial charge in [-0.1, -0.05) is 35.3 Å². The van der Waals surface area contributed by atoms with Crippen molar-refractivity contribution < 1.29 is 9.59 Å². The van der Waals surface area contributed by atoms with Gasteiger partial charge in [-0.2, -0.15) is 0 Å². The fourth-order valence-electron chi connectivity index (χ4n) is 1.86. The maximum atomic E-state index is 11.9. The van der Waals surface area contributed by atoms with Crippen LogP contribution in [-0.4, -0.2) is 18.4 Å². The maximum Gasteiger partial charge on any atom is 0.250 e. The number of carbonyl (C=O) groups excluding carboxylic acids is 2. The van der Waals surface area contributed by atoms with Crippen molar-refractivity contribution >= 4 is 46.4 Å². The van der Waals surface area contributed by atoms with Gasteiger partial charge in [-0.05, 0) is 30.3 Å². The minimum atomic E-state index is -0.565. The number of benzene rings is 2. The summed E-state index contributed by atoms with van der Waals surface area (Å²) < 4.78 is 0. The van der Waals surface area contributed by atoms with Gasteiger partial charge in [0.15, 0.2) is 0 Å². The van der Waals surface area contributed by atoms with Gasteiger partial charge < -0.3 is 16.4 Å². The third-order valence-corrected chi connectivity index (χ3v) is 3.21. The lowest BCUT2D eigenvalue weighted by Crippen LogP contribution is -2.23. The Bertz CT molecular complexity index is 699. The van der Waals surface area contributed by atoms with Crippen LogP contribution in [0.1, 0.15) is 10.4 Å². The number of primary amides is 1. The summed E-state index contributed by atoms with van der Waals surface area (Å²) in [5.74, 6) is -0.872. The molecule has 0 heterocycles. The number of hydrogen-bond donors (Lipinski definition) is 3. The first-order valence-electron chi connectivity index (χ1n) is 6.34. The van der Waals surface area contributed by atoms with E-state index in [1.54, 1.807) is 42.5 Å². The number of anilines is 2. The molecule has 0 aliphatic heterocycles. The van der Waals surface area contributed by atoms with E-state index in [4.69, 9.17) is 28.9 Å². The Labute approximate surface area is 137 Å². The molecule has 0 aliphatic rings. The lowest BCUT2D eigenvalue weighted by molar-refractivity contribution is -0.114. The van der Waals surface area contributed by atoms with Crippen LogP contribution in [-0.2, 0) is 4.79 Å². The second-order valence-electron chi connectivity index (χ2n) is 4.47. The molecule has 2 aromatic carbocycles. The minimum Gasteiger partial charge on any atom is -0.376 e. The number of nitrogens with two attached hydrogens (primary N) is 1. The first-order valence-corrected chi connectivity index (χ1v) is 7.10. The molecule has 22 heavy (non-hydrogen) atoms. The molecular formula is C15H13Cl2N3O2. The van der Waals surface area contributed by atoms with E-state index in [1.165, 1.54) is 0 Å². The summed E-state index contributed by atoms with van der Waals surface area (Å²) in [5.41, 5.74) is 6.58. The van der Waals surface area contributed by atoms with E-state index in [0.29, 0.717) is 27.0 Å². The van der Waals surface area contributed by atoms with Gasteiger partial charge >= 0.3 is 0 Å². The largest absolute Gasteiger partial charge is 0.376 e. The monoisotopic (exact) mass is 337 g/mol. The van der Waals surface area contributed by atoms with Gasteiger partial charge in [0.2, 0.25) is 5.91 Å². The molecule has 0 radical (unpaired) electrons. The highest BCUT2D eigenvalue weighted by Crippen LogP contribution is 2.22. The third kappa shape index (κ3) is 4.38. The Morgan fingerprint density at radius 3 is 2.32 bits per heavy atom. The molecule has 0 bridgehead atoms. The zero-order chi connectivity index (χ0) is 16.1. The number of para-hydroxylation sites is 1. The number of nitrogens with one attached hydrogen (secondary N) is 2. The van der Waals surface area contributed by atoms with Gasteiger partial charge in [-0.25, -0.2) is 0 Å². The number of halogens is 2. The van der Waals surface area contributed by atoms with Crippen LogP contribution in [0.3, 0.4) is 0 Å². The molecule has 0 fully saturated rings. The lowest BCUT2D eigenvalue weighted by Gasteiger charge is -2.10. The van der Waals surface area contributed by atoms with Gasteiger partial charge in [0, 0.05) is 21.4 Å². The molecule has 0 spiro atoms. The topological polar surface area (TPSA) is 84.2 Å². The molecule has 0 aliphatic carbocycles. The molecule has 0 unspecified atom stereocenters. The van der Waals surface area contributed by atoms with E-state index in [0.717, 1.165) is 0 Å². The van der Waals surface area contributed by atoms with Crippen LogP contribution in [0.5, 0.6) is 0 Å². The van der Waals surface area contributed by atoms with Crippen LogP contribution in [0.2, 0.25) is 10.0 Å². The zero-order valence-corrected chi connectivity index (χ0v) is 12.9. The average Bonchev–Trinajstić information content (AvgIpc) is 2.44.